The molecule has 1 heterocycles. The van der Waals surface area contributed by atoms with E-state index in [0.29, 0.717) is 16.5 Å². The molecule has 3 aromatic rings. The monoisotopic (exact) mass is 511 g/mol. The normalized spacial score (nSPS) is 13.5. The van der Waals surface area contributed by atoms with Gasteiger partial charge in [0.1, 0.15) is 49.3 Å². The van der Waals surface area contributed by atoms with E-state index in [-0.39, 0.29) is 36.7 Å². The highest BCUT2D eigenvalue weighted by atomic mass is 35.5. The van der Waals surface area contributed by atoms with Crippen LogP contribution in [0.2, 0.25) is 5.02 Å². The molecule has 0 bridgehead atoms. The average Bonchev–Trinajstić information content (AvgIpc) is 3.29. The van der Waals surface area contributed by atoms with Crippen LogP contribution in [0.1, 0.15) is 30.7 Å². The lowest BCUT2D eigenvalue weighted by Gasteiger charge is -2.27. The summed E-state index contributed by atoms with van der Waals surface area (Å²) >= 11 is 12.0. The number of alkyl halides is 2. The number of benzene rings is 2. The summed E-state index contributed by atoms with van der Waals surface area (Å²) in [5.41, 5.74) is 1.91. The molecule has 34 heavy (non-hydrogen) atoms. The largest absolute Gasteiger partial charge is 0.491 e. The fraction of sp³-hybridized carbons (Fsp3) is 0.417. The fourth-order valence-electron chi connectivity index (χ4n) is 3.32. The average molecular weight is 512 g/mol. The number of aliphatic hydroxyl groups is 2. The van der Waals surface area contributed by atoms with Crippen LogP contribution in [-0.2, 0) is 18.6 Å². The minimum Gasteiger partial charge on any atom is -0.491 e. The highest BCUT2D eigenvalue weighted by molar-refractivity contribution is 6.32. The molecule has 7 nitrogen and oxygen atoms in total. The van der Waals surface area contributed by atoms with Gasteiger partial charge in [-0.3, -0.25) is 0 Å². The fourth-order valence-corrected chi connectivity index (χ4v) is 3.65. The molecule has 10 heteroatoms. The minimum atomic E-state index is -0.821. The SMILES string of the molecule is CC(C)(c1ccc(OCC(O)Cn2cc(CF)nn2)cc1)c1ccc(OCC(O)CCl)c(Cl)c1. The third kappa shape index (κ3) is 6.82. The van der Waals surface area contributed by atoms with E-state index in [1.165, 1.54) is 10.9 Å². The Hall–Kier alpha value is -2.39. The van der Waals surface area contributed by atoms with E-state index >= 15 is 0 Å². The maximum absolute atomic E-state index is 12.6. The molecular weight excluding hydrogens is 484 g/mol. The van der Waals surface area contributed by atoms with Gasteiger partial charge in [0, 0.05) is 5.41 Å². The van der Waals surface area contributed by atoms with Crippen molar-refractivity contribution >= 4 is 23.2 Å². The van der Waals surface area contributed by atoms with Crippen LogP contribution >= 0.6 is 23.2 Å². The second-order valence-corrected chi connectivity index (χ2v) is 9.16. The molecule has 0 saturated heterocycles. The van der Waals surface area contributed by atoms with Gasteiger partial charge < -0.3 is 19.7 Å². The molecule has 2 atom stereocenters. The van der Waals surface area contributed by atoms with Crippen molar-refractivity contribution < 1.29 is 24.1 Å². The van der Waals surface area contributed by atoms with Gasteiger partial charge in [0.05, 0.1) is 23.6 Å². The third-order valence-electron chi connectivity index (χ3n) is 5.40. The van der Waals surface area contributed by atoms with Crippen LogP contribution in [0.25, 0.3) is 0 Å². The molecule has 1 aromatic heterocycles. The molecule has 2 unspecified atom stereocenters. The Kier molecular flexibility index (Phi) is 9.13. The van der Waals surface area contributed by atoms with E-state index < -0.39 is 18.9 Å². The van der Waals surface area contributed by atoms with Crippen molar-refractivity contribution in [1.29, 1.82) is 0 Å². The van der Waals surface area contributed by atoms with E-state index in [4.69, 9.17) is 32.7 Å². The Morgan fingerprint density at radius 2 is 1.71 bits per heavy atom. The van der Waals surface area contributed by atoms with E-state index in [2.05, 4.69) is 24.2 Å². The van der Waals surface area contributed by atoms with Gasteiger partial charge >= 0.3 is 0 Å². The molecule has 0 saturated carbocycles. The molecule has 184 valence electrons. The number of hydrogen-bond donors (Lipinski definition) is 2. The number of halogens is 3. The molecule has 0 radical (unpaired) electrons. The number of nitrogens with zero attached hydrogens (tertiary/aromatic N) is 3. The summed E-state index contributed by atoms with van der Waals surface area (Å²) in [6.07, 6.45) is -0.125. The molecule has 0 amide bonds. The summed E-state index contributed by atoms with van der Waals surface area (Å²) < 4.78 is 25.2. The van der Waals surface area contributed by atoms with Gasteiger partial charge in [-0.15, -0.1) is 16.7 Å². The van der Waals surface area contributed by atoms with Gasteiger partial charge in [-0.05, 0) is 35.4 Å². The molecule has 3 rings (SSSR count). The zero-order chi connectivity index (χ0) is 24.7. The Morgan fingerprint density at radius 1 is 1.03 bits per heavy atom. The lowest BCUT2D eigenvalue weighted by atomic mass is 9.78. The highest BCUT2D eigenvalue weighted by Gasteiger charge is 2.24. The number of rotatable bonds is 12. The van der Waals surface area contributed by atoms with Crippen LogP contribution in [0.5, 0.6) is 11.5 Å². The van der Waals surface area contributed by atoms with E-state index in [1.54, 1.807) is 6.07 Å². The molecular formula is C24H28Cl2FN3O4. The Morgan fingerprint density at radius 3 is 2.32 bits per heavy atom. The van der Waals surface area contributed by atoms with Crippen LogP contribution in [0.15, 0.2) is 48.7 Å². The number of hydrogen-bond acceptors (Lipinski definition) is 6. The second kappa shape index (κ2) is 11.8. The first-order chi connectivity index (χ1) is 16.2. The van der Waals surface area contributed by atoms with Gasteiger partial charge in [-0.25, -0.2) is 9.07 Å². The van der Waals surface area contributed by atoms with Crippen LogP contribution in [0.3, 0.4) is 0 Å². The molecule has 0 fully saturated rings. The molecule has 2 aromatic carbocycles. The number of ether oxygens (including phenoxy) is 2. The van der Waals surface area contributed by atoms with Gasteiger partial charge in [0.2, 0.25) is 0 Å². The summed E-state index contributed by atoms with van der Waals surface area (Å²) in [4.78, 5) is 0. The van der Waals surface area contributed by atoms with Crippen LogP contribution in [-0.4, -0.2) is 56.5 Å². The lowest BCUT2D eigenvalue weighted by Crippen LogP contribution is -2.24. The smallest absolute Gasteiger partial charge is 0.138 e. The van der Waals surface area contributed by atoms with E-state index in [9.17, 15) is 14.6 Å². The van der Waals surface area contributed by atoms with Gasteiger partial charge in [-0.2, -0.15) is 0 Å². The van der Waals surface area contributed by atoms with Crippen LogP contribution < -0.4 is 9.47 Å². The van der Waals surface area contributed by atoms with Crippen molar-refractivity contribution in [2.75, 3.05) is 19.1 Å². The first-order valence-corrected chi connectivity index (χ1v) is 11.7. The summed E-state index contributed by atoms with van der Waals surface area (Å²) in [7, 11) is 0. The third-order valence-corrected chi connectivity index (χ3v) is 6.05. The topological polar surface area (TPSA) is 89.6 Å². The van der Waals surface area contributed by atoms with Crippen LogP contribution in [0, 0.1) is 0 Å². The zero-order valence-electron chi connectivity index (χ0n) is 19.0. The first-order valence-electron chi connectivity index (χ1n) is 10.8. The predicted octanol–water partition coefficient (Wildman–Crippen LogP) is 4.15. The highest BCUT2D eigenvalue weighted by Crippen LogP contribution is 2.36. The predicted molar refractivity (Wildman–Crippen MR) is 129 cm³/mol. The summed E-state index contributed by atoms with van der Waals surface area (Å²) in [6, 6.07) is 13.2. The van der Waals surface area contributed by atoms with Crippen LogP contribution in [0.4, 0.5) is 4.39 Å². The maximum atomic E-state index is 12.6. The number of aromatic nitrogens is 3. The van der Waals surface area contributed by atoms with Crippen molar-refractivity contribution in [3.05, 3.63) is 70.5 Å². The Bertz CT molecular complexity index is 1060. The lowest BCUT2D eigenvalue weighted by molar-refractivity contribution is 0.0888. The van der Waals surface area contributed by atoms with Crippen molar-refractivity contribution in [2.45, 2.75) is 44.7 Å². The second-order valence-electron chi connectivity index (χ2n) is 8.44. The first kappa shape index (κ1) is 26.2. The maximum Gasteiger partial charge on any atom is 0.138 e. The van der Waals surface area contributed by atoms with Crippen molar-refractivity contribution in [3.63, 3.8) is 0 Å². The van der Waals surface area contributed by atoms with Crippen molar-refractivity contribution in [3.8, 4) is 11.5 Å². The summed E-state index contributed by atoms with van der Waals surface area (Å²) in [6.45, 7) is 3.75. The number of aliphatic hydroxyl groups excluding tert-OH is 2. The summed E-state index contributed by atoms with van der Waals surface area (Å²) in [5.74, 6) is 1.19. The summed E-state index contributed by atoms with van der Waals surface area (Å²) in [5, 5.41) is 27.6. The molecule has 0 aliphatic carbocycles. The molecule has 0 aliphatic heterocycles. The standard InChI is InChI=1S/C24H28Cl2FN3O4/c1-24(2,17-5-8-23(22(26)9-17)34-14-19(31)10-25)16-3-6-21(7-4-16)33-15-20(32)13-30-12-18(11-27)28-29-30/h3-9,12,19-20,31-32H,10-11,13-15H2,1-2H3. The van der Waals surface area contributed by atoms with Gasteiger partial charge in [-0.1, -0.05) is 48.9 Å². The quantitative estimate of drug-likeness (QED) is 0.355. The van der Waals surface area contributed by atoms with Crippen molar-refractivity contribution in [1.82, 2.24) is 15.0 Å². The van der Waals surface area contributed by atoms with Gasteiger partial charge in [0.25, 0.3) is 0 Å². The Labute approximate surface area is 208 Å². The Balaban J connectivity index is 1.59. The van der Waals surface area contributed by atoms with E-state index in [0.717, 1.165) is 11.1 Å². The molecule has 0 aliphatic rings. The van der Waals surface area contributed by atoms with Gasteiger partial charge in [0.15, 0.2) is 0 Å². The molecule has 2 N–H and O–H groups in total. The van der Waals surface area contributed by atoms with E-state index in [1.807, 2.05) is 36.4 Å². The zero-order valence-corrected chi connectivity index (χ0v) is 20.5. The molecule has 0 spiro atoms. The minimum absolute atomic E-state index is 0.0586. The van der Waals surface area contributed by atoms with Crippen molar-refractivity contribution in [2.24, 2.45) is 0 Å².